The standard InChI is InChI=1S/C16H20FNO/c17-15-3-1-12-6-16(4-2-11(12)5-15)18-7-13-9-19-10-14(13)8-18/h1,3,5,13-14,16H,2,4,6-10H2. The lowest BCUT2D eigenvalue weighted by atomic mass is 9.87. The van der Waals surface area contributed by atoms with Gasteiger partial charge in [-0.1, -0.05) is 6.07 Å². The molecule has 3 heteroatoms. The van der Waals surface area contributed by atoms with Crippen LogP contribution in [0.5, 0.6) is 0 Å². The molecular weight excluding hydrogens is 241 g/mol. The number of hydrogen-bond acceptors (Lipinski definition) is 2. The van der Waals surface area contributed by atoms with Crippen molar-refractivity contribution in [2.24, 2.45) is 11.8 Å². The van der Waals surface area contributed by atoms with E-state index in [1.165, 1.54) is 30.6 Å². The summed E-state index contributed by atoms with van der Waals surface area (Å²) in [5.41, 5.74) is 2.57. The Hall–Kier alpha value is -0.930. The van der Waals surface area contributed by atoms with Crippen molar-refractivity contribution in [2.45, 2.75) is 25.3 Å². The van der Waals surface area contributed by atoms with Crippen LogP contribution in [0.4, 0.5) is 4.39 Å². The molecule has 2 fully saturated rings. The van der Waals surface area contributed by atoms with Gasteiger partial charge in [-0.15, -0.1) is 0 Å². The summed E-state index contributed by atoms with van der Waals surface area (Å²) < 4.78 is 18.8. The van der Waals surface area contributed by atoms with Gasteiger partial charge in [-0.2, -0.15) is 0 Å². The largest absolute Gasteiger partial charge is 0.381 e. The lowest BCUT2D eigenvalue weighted by Crippen LogP contribution is -2.38. The Morgan fingerprint density at radius 2 is 1.89 bits per heavy atom. The van der Waals surface area contributed by atoms with Gasteiger partial charge in [0, 0.05) is 31.0 Å². The molecule has 1 aromatic rings. The maximum Gasteiger partial charge on any atom is 0.123 e. The topological polar surface area (TPSA) is 12.5 Å². The molecule has 3 atom stereocenters. The maximum absolute atomic E-state index is 13.2. The minimum atomic E-state index is -0.0925. The molecule has 0 N–H and O–H groups in total. The van der Waals surface area contributed by atoms with Crippen molar-refractivity contribution >= 4 is 0 Å². The molecular formula is C16H20FNO. The number of rotatable bonds is 1. The van der Waals surface area contributed by atoms with Gasteiger partial charge >= 0.3 is 0 Å². The number of hydrogen-bond donors (Lipinski definition) is 0. The minimum Gasteiger partial charge on any atom is -0.381 e. The molecule has 2 aliphatic heterocycles. The summed E-state index contributed by atoms with van der Waals surface area (Å²) in [5, 5.41) is 0. The monoisotopic (exact) mass is 261 g/mol. The van der Waals surface area contributed by atoms with E-state index >= 15 is 0 Å². The Morgan fingerprint density at radius 1 is 1.11 bits per heavy atom. The van der Waals surface area contributed by atoms with Crippen molar-refractivity contribution < 1.29 is 9.13 Å². The maximum atomic E-state index is 13.2. The van der Waals surface area contributed by atoms with Crippen molar-refractivity contribution in [3.8, 4) is 0 Å². The zero-order valence-electron chi connectivity index (χ0n) is 11.1. The molecule has 0 spiro atoms. The number of ether oxygens (including phenoxy) is 1. The van der Waals surface area contributed by atoms with E-state index in [1.807, 2.05) is 6.07 Å². The predicted molar refractivity (Wildman–Crippen MR) is 71.6 cm³/mol. The molecule has 3 unspecified atom stereocenters. The highest BCUT2D eigenvalue weighted by atomic mass is 19.1. The number of aryl methyl sites for hydroxylation is 1. The Morgan fingerprint density at radius 3 is 2.68 bits per heavy atom. The molecule has 102 valence electrons. The summed E-state index contributed by atoms with van der Waals surface area (Å²) in [6, 6.07) is 5.96. The van der Waals surface area contributed by atoms with Crippen LogP contribution in [-0.4, -0.2) is 37.2 Å². The highest BCUT2D eigenvalue weighted by molar-refractivity contribution is 5.31. The van der Waals surface area contributed by atoms with Gasteiger partial charge in [0.1, 0.15) is 5.82 Å². The van der Waals surface area contributed by atoms with Crippen LogP contribution in [-0.2, 0) is 17.6 Å². The second kappa shape index (κ2) is 4.57. The van der Waals surface area contributed by atoms with Crippen LogP contribution in [0, 0.1) is 17.7 Å². The van der Waals surface area contributed by atoms with E-state index in [0.717, 1.165) is 37.9 Å². The molecule has 0 bridgehead atoms. The second-order valence-electron chi connectivity index (χ2n) is 6.32. The average molecular weight is 261 g/mol. The third kappa shape index (κ3) is 2.09. The van der Waals surface area contributed by atoms with Gasteiger partial charge in [0.15, 0.2) is 0 Å². The molecule has 4 rings (SSSR count). The molecule has 2 heterocycles. The predicted octanol–water partition coefficient (Wildman–Crippen LogP) is 2.26. The minimum absolute atomic E-state index is 0.0925. The fourth-order valence-electron chi connectivity index (χ4n) is 4.04. The van der Waals surface area contributed by atoms with E-state index in [9.17, 15) is 4.39 Å². The summed E-state index contributed by atoms with van der Waals surface area (Å²) in [4.78, 5) is 2.66. The van der Waals surface area contributed by atoms with Crippen LogP contribution >= 0.6 is 0 Å². The van der Waals surface area contributed by atoms with Crippen molar-refractivity contribution in [1.82, 2.24) is 4.90 Å². The van der Waals surface area contributed by atoms with E-state index in [2.05, 4.69) is 4.90 Å². The number of likely N-dealkylation sites (tertiary alicyclic amines) is 1. The van der Waals surface area contributed by atoms with Crippen molar-refractivity contribution in [2.75, 3.05) is 26.3 Å². The molecule has 2 nitrogen and oxygen atoms in total. The van der Waals surface area contributed by atoms with Crippen LogP contribution in [0.2, 0.25) is 0 Å². The van der Waals surface area contributed by atoms with Crippen LogP contribution in [0.3, 0.4) is 0 Å². The fourth-order valence-corrected chi connectivity index (χ4v) is 4.04. The van der Waals surface area contributed by atoms with Gasteiger partial charge in [-0.3, -0.25) is 4.90 Å². The number of benzene rings is 1. The van der Waals surface area contributed by atoms with Gasteiger partial charge in [-0.05, 0) is 42.5 Å². The summed E-state index contributed by atoms with van der Waals surface area (Å²) >= 11 is 0. The summed E-state index contributed by atoms with van der Waals surface area (Å²) in [6.07, 6.45) is 3.30. The quantitative estimate of drug-likeness (QED) is 0.769. The third-order valence-electron chi connectivity index (χ3n) is 5.16. The van der Waals surface area contributed by atoms with Gasteiger partial charge in [0.25, 0.3) is 0 Å². The Bertz CT molecular complexity index is 478. The Kier molecular flexibility index (Phi) is 2.85. The first-order valence-corrected chi connectivity index (χ1v) is 7.38. The number of halogens is 1. The Labute approximate surface area is 113 Å². The molecule has 0 amide bonds. The highest BCUT2D eigenvalue weighted by Gasteiger charge is 2.40. The molecule has 2 saturated heterocycles. The third-order valence-corrected chi connectivity index (χ3v) is 5.16. The molecule has 0 saturated carbocycles. The number of fused-ring (bicyclic) bond motifs is 2. The van der Waals surface area contributed by atoms with Crippen molar-refractivity contribution in [1.29, 1.82) is 0 Å². The lowest BCUT2D eigenvalue weighted by Gasteiger charge is -2.33. The van der Waals surface area contributed by atoms with E-state index in [4.69, 9.17) is 4.74 Å². The van der Waals surface area contributed by atoms with Crippen LogP contribution in [0.15, 0.2) is 18.2 Å². The number of nitrogens with zero attached hydrogens (tertiary/aromatic N) is 1. The molecule has 0 aromatic heterocycles. The van der Waals surface area contributed by atoms with E-state index in [1.54, 1.807) is 12.1 Å². The normalized spacial score (nSPS) is 34.3. The van der Waals surface area contributed by atoms with Gasteiger partial charge in [-0.25, -0.2) is 4.39 Å². The Balaban J connectivity index is 1.48. The molecule has 3 aliphatic rings. The molecule has 1 aliphatic carbocycles. The zero-order valence-corrected chi connectivity index (χ0v) is 11.1. The van der Waals surface area contributed by atoms with E-state index in [0.29, 0.717) is 6.04 Å². The smallest absolute Gasteiger partial charge is 0.123 e. The summed E-state index contributed by atoms with van der Waals surface area (Å²) in [6.45, 7) is 4.31. The first kappa shape index (κ1) is 11.9. The highest BCUT2D eigenvalue weighted by Crippen LogP contribution is 2.34. The average Bonchev–Trinajstić information content (AvgIpc) is 2.98. The van der Waals surface area contributed by atoms with Gasteiger partial charge < -0.3 is 4.74 Å². The fraction of sp³-hybridized carbons (Fsp3) is 0.625. The zero-order chi connectivity index (χ0) is 12.8. The molecule has 1 aromatic carbocycles. The lowest BCUT2D eigenvalue weighted by molar-refractivity contribution is 0.134. The molecule has 0 radical (unpaired) electrons. The summed E-state index contributed by atoms with van der Waals surface area (Å²) in [7, 11) is 0. The van der Waals surface area contributed by atoms with E-state index in [-0.39, 0.29) is 5.82 Å². The van der Waals surface area contributed by atoms with Crippen LogP contribution < -0.4 is 0 Å². The van der Waals surface area contributed by atoms with Crippen LogP contribution in [0.25, 0.3) is 0 Å². The second-order valence-corrected chi connectivity index (χ2v) is 6.32. The van der Waals surface area contributed by atoms with Crippen LogP contribution in [0.1, 0.15) is 17.5 Å². The first-order chi connectivity index (χ1) is 9.29. The van der Waals surface area contributed by atoms with E-state index < -0.39 is 0 Å². The van der Waals surface area contributed by atoms with Gasteiger partial charge in [0.05, 0.1) is 13.2 Å². The van der Waals surface area contributed by atoms with Crippen molar-refractivity contribution in [3.05, 3.63) is 35.1 Å². The van der Waals surface area contributed by atoms with Crippen molar-refractivity contribution in [3.63, 3.8) is 0 Å². The van der Waals surface area contributed by atoms with Gasteiger partial charge in [0.2, 0.25) is 0 Å². The summed E-state index contributed by atoms with van der Waals surface area (Å²) in [5.74, 6) is 1.43. The SMILES string of the molecule is Fc1ccc2c(c1)CCC(N1CC3COCC3C1)C2. The molecule has 19 heavy (non-hydrogen) atoms. The first-order valence-electron chi connectivity index (χ1n) is 7.38.